The molecule has 0 aromatic rings. The van der Waals surface area contributed by atoms with Gasteiger partial charge in [-0.15, -0.1) is 0 Å². The molecule has 2 N–H and O–H groups in total. The van der Waals surface area contributed by atoms with E-state index in [0.29, 0.717) is 19.3 Å². The van der Waals surface area contributed by atoms with Gasteiger partial charge in [0.25, 0.3) is 0 Å². The van der Waals surface area contributed by atoms with Crippen molar-refractivity contribution in [3.8, 4) is 0 Å². The zero-order valence-electron chi connectivity index (χ0n) is 35.9. The summed E-state index contributed by atoms with van der Waals surface area (Å²) in [6.07, 6.45) is 62.3. The van der Waals surface area contributed by atoms with Crippen molar-refractivity contribution >= 4 is 19.8 Å². The first-order valence-corrected chi connectivity index (χ1v) is 23.4. The molecule has 58 heavy (non-hydrogen) atoms. The van der Waals surface area contributed by atoms with Crippen molar-refractivity contribution in [3.63, 3.8) is 0 Å². The Kier molecular flexibility index (Phi) is 40.4. The minimum atomic E-state index is -4.80. The van der Waals surface area contributed by atoms with Crippen molar-refractivity contribution in [1.82, 2.24) is 0 Å². The SMILES string of the molecule is CC/C=C/C/C=C/C/C=C/C/C=C/C/C=C/C/C=C/CCC(=O)O[C@H](COC(=O)CCC/C=C/C/C=C/C/C=C/C/C=C/CCCCCCCCC)COP(=O)(O)O. The van der Waals surface area contributed by atoms with E-state index < -0.39 is 32.5 Å². The van der Waals surface area contributed by atoms with E-state index >= 15 is 0 Å². The monoisotopic (exact) mass is 825 g/mol. The molecule has 0 heterocycles. The fraction of sp³-hybridized carbons (Fsp3) is 0.551. The van der Waals surface area contributed by atoms with E-state index in [1.807, 2.05) is 18.2 Å². The Balaban J connectivity index is 4.15. The molecule has 8 nitrogen and oxygen atoms in total. The Morgan fingerprint density at radius 2 is 0.862 bits per heavy atom. The zero-order valence-corrected chi connectivity index (χ0v) is 36.8. The number of esters is 2. The standard InChI is InChI=1S/C49H77O8P/c1-3-5-7-9-11-13-15-17-19-21-23-24-26-27-29-31-33-35-37-39-41-43-48(50)55-45-47(46-56-58(52,53)54)57-49(51)44-42-40-38-36-34-32-30-28-25-22-20-18-16-14-12-10-8-6-4-2/h6,8,12,14,18-21,24-26,28-29,31-32,34-35,37-38,40,47H,3-5,7,9-11,13,15-17,22-23,27,30,33,36,39,41-46H2,1-2H3,(H2,52,53,54)/b8-6+,14-12+,20-18+,21-19+,26-24+,28-25+,31-29+,34-32+,37-35+,40-38+/t47-/m1/s1. The van der Waals surface area contributed by atoms with Gasteiger partial charge in [0.05, 0.1) is 6.61 Å². The number of hydrogen-bond donors (Lipinski definition) is 2. The first-order chi connectivity index (χ1) is 28.3. The molecule has 0 saturated heterocycles. The summed E-state index contributed by atoms with van der Waals surface area (Å²) in [5.41, 5.74) is 0. The third kappa shape index (κ3) is 45.2. The van der Waals surface area contributed by atoms with Crippen LogP contribution >= 0.6 is 7.82 Å². The summed E-state index contributed by atoms with van der Waals surface area (Å²) >= 11 is 0. The minimum Gasteiger partial charge on any atom is -0.462 e. The Labute approximate surface area is 352 Å². The van der Waals surface area contributed by atoms with E-state index in [2.05, 4.69) is 122 Å². The molecular formula is C49H77O8P. The lowest BCUT2D eigenvalue weighted by molar-refractivity contribution is -0.161. The second-order valence-electron chi connectivity index (χ2n) is 13.9. The van der Waals surface area contributed by atoms with Gasteiger partial charge in [0, 0.05) is 12.8 Å². The molecule has 0 aromatic heterocycles. The van der Waals surface area contributed by atoms with Gasteiger partial charge < -0.3 is 19.3 Å². The maximum absolute atomic E-state index is 12.4. The predicted molar refractivity (Wildman–Crippen MR) is 243 cm³/mol. The van der Waals surface area contributed by atoms with Gasteiger partial charge in [-0.3, -0.25) is 14.1 Å². The Bertz CT molecular complexity index is 1340. The van der Waals surface area contributed by atoms with Crippen LogP contribution in [-0.4, -0.2) is 41.0 Å². The molecule has 0 aromatic carbocycles. The highest BCUT2D eigenvalue weighted by Crippen LogP contribution is 2.36. The molecule has 0 aliphatic carbocycles. The van der Waals surface area contributed by atoms with Gasteiger partial charge in [0.2, 0.25) is 0 Å². The topological polar surface area (TPSA) is 119 Å². The number of carbonyl (C=O) groups excluding carboxylic acids is 2. The lowest BCUT2D eigenvalue weighted by Gasteiger charge is -2.18. The Morgan fingerprint density at radius 1 is 0.466 bits per heavy atom. The molecule has 0 spiro atoms. The molecule has 0 saturated carbocycles. The molecule has 0 amide bonds. The van der Waals surface area contributed by atoms with E-state index in [1.54, 1.807) is 0 Å². The zero-order chi connectivity index (χ0) is 42.5. The lowest BCUT2D eigenvalue weighted by Crippen LogP contribution is -2.29. The molecule has 0 rings (SSSR count). The van der Waals surface area contributed by atoms with Crippen LogP contribution in [0.15, 0.2) is 122 Å². The first-order valence-electron chi connectivity index (χ1n) is 21.8. The van der Waals surface area contributed by atoms with Gasteiger partial charge in [-0.2, -0.15) is 0 Å². The fourth-order valence-electron chi connectivity index (χ4n) is 5.27. The number of unbranched alkanes of at least 4 members (excludes halogenated alkanes) is 8. The number of rotatable bonds is 38. The summed E-state index contributed by atoms with van der Waals surface area (Å²) in [6.45, 7) is 3.45. The van der Waals surface area contributed by atoms with Crippen LogP contribution in [0.3, 0.4) is 0 Å². The van der Waals surface area contributed by atoms with Gasteiger partial charge in [-0.25, -0.2) is 4.57 Å². The van der Waals surface area contributed by atoms with Gasteiger partial charge in [-0.1, -0.05) is 174 Å². The van der Waals surface area contributed by atoms with Crippen molar-refractivity contribution in [1.29, 1.82) is 0 Å². The average Bonchev–Trinajstić information content (AvgIpc) is 3.20. The predicted octanol–water partition coefficient (Wildman–Crippen LogP) is 13.7. The van der Waals surface area contributed by atoms with Crippen LogP contribution in [0.2, 0.25) is 0 Å². The van der Waals surface area contributed by atoms with Crippen LogP contribution in [0.25, 0.3) is 0 Å². The van der Waals surface area contributed by atoms with Crippen LogP contribution < -0.4 is 0 Å². The van der Waals surface area contributed by atoms with Crippen molar-refractivity contribution in [2.45, 2.75) is 161 Å². The third-order valence-electron chi connectivity index (χ3n) is 8.48. The summed E-state index contributed by atoms with van der Waals surface area (Å²) in [5, 5.41) is 0. The Hall–Kier alpha value is -3.55. The number of carbonyl (C=O) groups is 2. The summed E-state index contributed by atoms with van der Waals surface area (Å²) < 4.78 is 26.3. The van der Waals surface area contributed by atoms with Crippen molar-refractivity contribution in [2.75, 3.05) is 13.2 Å². The average molecular weight is 825 g/mol. The maximum atomic E-state index is 12.4. The van der Waals surface area contributed by atoms with Crippen LogP contribution in [0.4, 0.5) is 0 Å². The number of allylic oxidation sites excluding steroid dienone is 20. The van der Waals surface area contributed by atoms with E-state index in [9.17, 15) is 14.2 Å². The molecule has 0 unspecified atom stereocenters. The summed E-state index contributed by atoms with van der Waals surface area (Å²) in [6, 6.07) is 0. The number of phosphoric ester groups is 1. The number of hydrogen-bond acceptors (Lipinski definition) is 6. The second kappa shape index (κ2) is 43.0. The first kappa shape index (κ1) is 54.5. The quantitative estimate of drug-likeness (QED) is 0.0273. The highest BCUT2D eigenvalue weighted by atomic mass is 31.2. The molecule has 0 bridgehead atoms. The molecule has 0 aliphatic rings. The van der Waals surface area contributed by atoms with Gasteiger partial charge in [0.1, 0.15) is 6.61 Å². The minimum absolute atomic E-state index is 0.0672. The third-order valence-corrected chi connectivity index (χ3v) is 8.96. The van der Waals surface area contributed by atoms with Gasteiger partial charge in [-0.05, 0) is 89.9 Å². The largest absolute Gasteiger partial charge is 0.469 e. The molecule has 1 atom stereocenters. The van der Waals surface area contributed by atoms with Crippen molar-refractivity contribution < 1.29 is 37.9 Å². The molecule has 9 heteroatoms. The molecule has 0 radical (unpaired) electrons. The molecular weight excluding hydrogens is 748 g/mol. The molecule has 0 fully saturated rings. The van der Waals surface area contributed by atoms with E-state index in [4.69, 9.17) is 19.3 Å². The lowest BCUT2D eigenvalue weighted by atomic mass is 10.1. The molecule has 326 valence electrons. The van der Waals surface area contributed by atoms with Crippen molar-refractivity contribution in [3.05, 3.63) is 122 Å². The van der Waals surface area contributed by atoms with E-state index in [0.717, 1.165) is 57.8 Å². The van der Waals surface area contributed by atoms with Crippen LogP contribution in [0.5, 0.6) is 0 Å². The van der Waals surface area contributed by atoms with Crippen LogP contribution in [-0.2, 0) is 28.2 Å². The van der Waals surface area contributed by atoms with E-state index in [-0.39, 0.29) is 19.4 Å². The van der Waals surface area contributed by atoms with E-state index in [1.165, 1.54) is 51.4 Å². The summed E-state index contributed by atoms with van der Waals surface area (Å²) in [4.78, 5) is 42.8. The van der Waals surface area contributed by atoms with Crippen LogP contribution in [0, 0.1) is 0 Å². The van der Waals surface area contributed by atoms with Crippen LogP contribution in [0.1, 0.15) is 155 Å². The smallest absolute Gasteiger partial charge is 0.462 e. The van der Waals surface area contributed by atoms with Gasteiger partial charge in [0.15, 0.2) is 6.10 Å². The molecule has 0 aliphatic heterocycles. The normalized spacial score (nSPS) is 13.7. The van der Waals surface area contributed by atoms with Crippen molar-refractivity contribution in [2.24, 2.45) is 0 Å². The second-order valence-corrected chi connectivity index (χ2v) is 15.2. The van der Waals surface area contributed by atoms with Gasteiger partial charge >= 0.3 is 19.8 Å². The summed E-state index contributed by atoms with van der Waals surface area (Å²) in [7, 11) is -4.80. The maximum Gasteiger partial charge on any atom is 0.469 e. The summed E-state index contributed by atoms with van der Waals surface area (Å²) in [5.74, 6) is -1.06. The number of ether oxygens (including phenoxy) is 2. The highest BCUT2D eigenvalue weighted by Gasteiger charge is 2.22. The highest BCUT2D eigenvalue weighted by molar-refractivity contribution is 7.46. The fourth-order valence-corrected chi connectivity index (χ4v) is 5.63. The Morgan fingerprint density at radius 3 is 1.31 bits per heavy atom. The number of phosphoric acid groups is 1.